The van der Waals surface area contributed by atoms with E-state index < -0.39 is 0 Å². The molecule has 0 aromatic rings. The number of carbonyl (C=O) groups excluding carboxylic acids is 4. The maximum atomic E-state index is 12.8. The number of nitrogens with one attached hydrogen (secondary N) is 2. The highest BCUT2D eigenvalue weighted by Crippen LogP contribution is 2.67. The van der Waals surface area contributed by atoms with Crippen LogP contribution in [0, 0.1) is 52.3 Å². The van der Waals surface area contributed by atoms with Crippen molar-refractivity contribution in [1.82, 2.24) is 10.6 Å². The first-order valence-electron chi connectivity index (χ1n) is 23.4. The molecule has 1 unspecified atom stereocenters. The fourth-order valence-corrected chi connectivity index (χ4v) is 12.6. The third-order valence-electron chi connectivity index (χ3n) is 15.0. The molecule has 0 spiro atoms. The molecule has 9 atom stereocenters. The summed E-state index contributed by atoms with van der Waals surface area (Å²) < 4.78 is 11.6. The molecule has 4 rings (SSSR count). The lowest BCUT2D eigenvalue weighted by atomic mass is 9.47. The molecule has 8 nitrogen and oxygen atoms in total. The molecular weight excluding hydrogens is 733 g/mol. The molecule has 9 heteroatoms. The van der Waals surface area contributed by atoms with Crippen LogP contribution in [0.25, 0.3) is 0 Å². The molecule has 2 N–H and O–H groups in total. The van der Waals surface area contributed by atoms with Gasteiger partial charge in [-0.3, -0.25) is 19.2 Å². The molecule has 326 valence electrons. The van der Waals surface area contributed by atoms with Crippen LogP contribution in [0.3, 0.4) is 0 Å². The van der Waals surface area contributed by atoms with Gasteiger partial charge in [0.25, 0.3) is 0 Å². The van der Waals surface area contributed by atoms with Gasteiger partial charge < -0.3 is 20.1 Å². The number of amides is 2. The van der Waals surface area contributed by atoms with E-state index in [0.717, 1.165) is 86.9 Å². The molecule has 0 saturated heterocycles. The second-order valence-electron chi connectivity index (χ2n) is 19.3. The first kappa shape index (κ1) is 47.8. The number of esters is 1. The molecule has 3 fully saturated rings. The average Bonchev–Trinajstić information content (AvgIpc) is 3.54. The summed E-state index contributed by atoms with van der Waals surface area (Å²) in [6, 6.07) is 0. The number of carbonyl (C=O) groups is 4. The Balaban J connectivity index is 1.04. The fourth-order valence-electron chi connectivity index (χ4n) is 11.8. The van der Waals surface area contributed by atoms with E-state index in [2.05, 4.69) is 58.3 Å². The standard InChI is InChI=1S/C48H82N2O6S/c1-8-13-36(43(51)9-2)16-10-11-27-49-44(52)24-31-57-33-45(53)50-28-30-55-29-23-46(54)56-38-21-25-47(6)37(32-38)17-18-39-41-20-19-40(35(5)15-12-14-34(3)4)48(41,7)26-22-42(39)47/h17,34-36,38-42H,8-16,18-33H2,1-7H3,(H,49,52)(H,50,53)/t35-,36?,38+,39+,40-,41-,42-,47+,48-/m0/s1. The van der Waals surface area contributed by atoms with Crippen LogP contribution in [-0.4, -0.2) is 67.5 Å². The Morgan fingerprint density at radius 2 is 1.63 bits per heavy atom. The van der Waals surface area contributed by atoms with Crippen LogP contribution in [-0.2, 0) is 28.7 Å². The quantitative estimate of drug-likeness (QED) is 0.0508. The van der Waals surface area contributed by atoms with Gasteiger partial charge in [0, 0.05) is 44.0 Å². The molecule has 4 aliphatic rings. The van der Waals surface area contributed by atoms with E-state index in [-0.39, 0.29) is 48.2 Å². The Hall–Kier alpha value is -1.87. The molecule has 0 heterocycles. The van der Waals surface area contributed by atoms with Crippen LogP contribution in [0.15, 0.2) is 11.6 Å². The van der Waals surface area contributed by atoms with Crippen molar-refractivity contribution >= 4 is 35.3 Å². The summed E-state index contributed by atoms with van der Waals surface area (Å²) in [6.07, 6.45) is 22.3. The normalized spacial score (nSPS) is 29.1. The number of hydrogen-bond acceptors (Lipinski definition) is 7. The Kier molecular flexibility index (Phi) is 20.0. The van der Waals surface area contributed by atoms with Crippen molar-refractivity contribution in [3.63, 3.8) is 0 Å². The maximum absolute atomic E-state index is 12.8. The fraction of sp³-hybridized carbons (Fsp3) is 0.875. The second kappa shape index (κ2) is 23.8. The van der Waals surface area contributed by atoms with Gasteiger partial charge in [0.2, 0.25) is 11.8 Å². The van der Waals surface area contributed by atoms with Gasteiger partial charge in [-0.05, 0) is 111 Å². The molecule has 0 aromatic heterocycles. The largest absolute Gasteiger partial charge is 0.462 e. The summed E-state index contributed by atoms with van der Waals surface area (Å²) in [5, 5.41) is 5.81. The molecule has 4 aliphatic carbocycles. The van der Waals surface area contributed by atoms with E-state index in [1.54, 1.807) is 5.57 Å². The first-order chi connectivity index (χ1) is 27.3. The minimum Gasteiger partial charge on any atom is -0.462 e. The van der Waals surface area contributed by atoms with Gasteiger partial charge in [-0.2, -0.15) is 11.8 Å². The zero-order valence-electron chi connectivity index (χ0n) is 37.2. The van der Waals surface area contributed by atoms with Crippen LogP contribution < -0.4 is 10.6 Å². The number of thioether (sulfide) groups is 1. The van der Waals surface area contributed by atoms with Crippen LogP contribution in [0.4, 0.5) is 0 Å². The topological polar surface area (TPSA) is 111 Å². The third-order valence-corrected chi connectivity index (χ3v) is 16.0. The smallest absolute Gasteiger partial charge is 0.308 e. The van der Waals surface area contributed by atoms with Gasteiger partial charge in [0.05, 0.1) is 25.4 Å². The molecule has 0 aliphatic heterocycles. The van der Waals surface area contributed by atoms with E-state index in [1.165, 1.54) is 63.1 Å². The number of allylic oxidation sites excluding steroid dienone is 1. The summed E-state index contributed by atoms with van der Waals surface area (Å²) in [6.45, 7) is 18.1. The van der Waals surface area contributed by atoms with Crippen LogP contribution in [0.5, 0.6) is 0 Å². The SMILES string of the molecule is CCCC(CCCCNC(=O)CCSCC(=O)NCCOCCC(=O)O[C@@H]1CC[C@]2(C)C(=CC[C@@H]3[C@@H]4CC[C@@H]([C@@H](C)CCCC(C)C)[C@]4(C)CC[C@@H]32)C1)C(=O)CC. The van der Waals surface area contributed by atoms with Gasteiger partial charge >= 0.3 is 5.97 Å². The van der Waals surface area contributed by atoms with E-state index in [1.807, 2.05) is 6.92 Å². The Labute approximate surface area is 351 Å². The van der Waals surface area contributed by atoms with Crippen molar-refractivity contribution in [2.75, 3.05) is 37.8 Å². The van der Waals surface area contributed by atoms with Gasteiger partial charge in [-0.25, -0.2) is 0 Å². The number of Topliss-reactive ketones (excluding diaryl/α,β-unsaturated/α-hetero) is 1. The number of hydrogen-bond donors (Lipinski definition) is 2. The number of fused-ring (bicyclic) bond motifs is 5. The van der Waals surface area contributed by atoms with Crippen LogP contribution in [0.2, 0.25) is 0 Å². The van der Waals surface area contributed by atoms with Crippen molar-refractivity contribution in [2.45, 2.75) is 177 Å². The van der Waals surface area contributed by atoms with Gasteiger partial charge in [0.15, 0.2) is 0 Å². The predicted octanol–water partition coefficient (Wildman–Crippen LogP) is 10.3. The van der Waals surface area contributed by atoms with Crippen molar-refractivity contribution in [1.29, 1.82) is 0 Å². The Morgan fingerprint density at radius 1 is 0.842 bits per heavy atom. The summed E-state index contributed by atoms with van der Waals surface area (Å²) in [7, 11) is 0. The van der Waals surface area contributed by atoms with Crippen molar-refractivity contribution in [2.24, 2.45) is 52.3 Å². The van der Waals surface area contributed by atoms with Crippen molar-refractivity contribution in [3.05, 3.63) is 11.6 Å². The minimum atomic E-state index is -0.195. The van der Waals surface area contributed by atoms with Crippen LogP contribution >= 0.6 is 11.8 Å². The maximum Gasteiger partial charge on any atom is 0.308 e. The summed E-state index contributed by atoms with van der Waals surface area (Å²) in [4.78, 5) is 49.2. The lowest BCUT2D eigenvalue weighted by Gasteiger charge is -2.58. The predicted molar refractivity (Wildman–Crippen MR) is 234 cm³/mol. The highest BCUT2D eigenvalue weighted by molar-refractivity contribution is 7.99. The Morgan fingerprint density at radius 3 is 2.39 bits per heavy atom. The molecule has 57 heavy (non-hydrogen) atoms. The zero-order chi connectivity index (χ0) is 41.4. The molecule has 0 radical (unpaired) electrons. The monoisotopic (exact) mass is 815 g/mol. The molecule has 2 amide bonds. The second-order valence-corrected chi connectivity index (χ2v) is 20.4. The summed E-state index contributed by atoms with van der Waals surface area (Å²) in [5.74, 6) is 6.04. The zero-order valence-corrected chi connectivity index (χ0v) is 38.0. The van der Waals surface area contributed by atoms with Gasteiger partial charge in [-0.1, -0.05) is 92.2 Å². The highest BCUT2D eigenvalue weighted by Gasteiger charge is 2.59. The number of ether oxygens (including phenoxy) is 2. The van der Waals surface area contributed by atoms with Gasteiger partial charge in [-0.15, -0.1) is 0 Å². The average molecular weight is 815 g/mol. The Bertz CT molecular complexity index is 1320. The highest BCUT2D eigenvalue weighted by atomic mass is 32.2. The van der Waals surface area contributed by atoms with Crippen LogP contribution in [0.1, 0.15) is 170 Å². The number of ketones is 1. The first-order valence-corrected chi connectivity index (χ1v) is 24.6. The lowest BCUT2D eigenvalue weighted by molar-refractivity contribution is -0.152. The number of rotatable bonds is 26. The van der Waals surface area contributed by atoms with Gasteiger partial charge in [0.1, 0.15) is 11.9 Å². The summed E-state index contributed by atoms with van der Waals surface area (Å²) in [5.41, 5.74) is 2.29. The van der Waals surface area contributed by atoms with E-state index in [4.69, 9.17) is 9.47 Å². The third kappa shape index (κ3) is 13.8. The molecule has 0 aromatic carbocycles. The lowest BCUT2D eigenvalue weighted by Crippen LogP contribution is -2.51. The summed E-state index contributed by atoms with van der Waals surface area (Å²) >= 11 is 1.44. The van der Waals surface area contributed by atoms with E-state index in [9.17, 15) is 19.2 Å². The van der Waals surface area contributed by atoms with Crippen molar-refractivity contribution < 1.29 is 28.7 Å². The van der Waals surface area contributed by atoms with E-state index >= 15 is 0 Å². The molecule has 0 bridgehead atoms. The van der Waals surface area contributed by atoms with E-state index in [0.29, 0.717) is 55.2 Å². The molecule has 3 saturated carbocycles. The molecular formula is C48H82N2O6S. The van der Waals surface area contributed by atoms with Crippen molar-refractivity contribution in [3.8, 4) is 0 Å². The number of unbranched alkanes of at least 4 members (excludes halogenated alkanes) is 1. The minimum absolute atomic E-state index is 0.00247.